The van der Waals surface area contributed by atoms with Gasteiger partial charge in [-0.25, -0.2) is 0 Å². The average molecular weight is 344 g/mol. The number of allylic oxidation sites excluding steroid dienone is 10. The van der Waals surface area contributed by atoms with Gasteiger partial charge in [-0.3, -0.25) is 4.79 Å². The second-order valence-electron chi connectivity index (χ2n) is 5.57. The molecule has 138 valence electrons. The predicted molar refractivity (Wildman–Crippen MR) is 106 cm³/mol. The Morgan fingerprint density at radius 2 is 1.52 bits per heavy atom. The molecule has 0 aliphatic carbocycles. The van der Waals surface area contributed by atoms with Crippen molar-refractivity contribution in [2.75, 3.05) is 0 Å². The summed E-state index contributed by atoms with van der Waals surface area (Å²) in [6.45, 7) is 2.08. The van der Waals surface area contributed by atoms with Crippen molar-refractivity contribution in [3.05, 3.63) is 72.9 Å². The fourth-order valence-electron chi connectivity index (χ4n) is 1.88. The fourth-order valence-corrected chi connectivity index (χ4v) is 1.88. The SMILES string of the molecule is CCC=CCC(O)C=CC=CC=CCCC=CCC=CCCC(=O)O. The lowest BCUT2D eigenvalue weighted by molar-refractivity contribution is -0.136. The zero-order valence-electron chi connectivity index (χ0n) is 15.3. The Hall–Kier alpha value is -2.13. The number of carbonyl (C=O) groups is 1. The van der Waals surface area contributed by atoms with E-state index in [2.05, 4.69) is 31.2 Å². The van der Waals surface area contributed by atoms with Crippen molar-refractivity contribution in [2.24, 2.45) is 0 Å². The number of carboxylic acid groups (broad SMARTS) is 1. The molecule has 0 amide bonds. The molecule has 1 atom stereocenters. The molecule has 0 fully saturated rings. The molecule has 0 saturated carbocycles. The second kappa shape index (κ2) is 18.2. The van der Waals surface area contributed by atoms with Crippen molar-refractivity contribution in [1.29, 1.82) is 0 Å². The summed E-state index contributed by atoms with van der Waals surface area (Å²) in [7, 11) is 0. The second-order valence-corrected chi connectivity index (χ2v) is 5.57. The molecule has 0 bridgehead atoms. The number of rotatable bonds is 14. The van der Waals surface area contributed by atoms with Gasteiger partial charge in [-0.1, -0.05) is 79.8 Å². The Balaban J connectivity index is 3.66. The predicted octanol–water partition coefficient (Wildman–Crippen LogP) is 5.52. The summed E-state index contributed by atoms with van der Waals surface area (Å²) < 4.78 is 0. The first kappa shape index (κ1) is 22.9. The third-order valence-corrected chi connectivity index (χ3v) is 3.21. The van der Waals surface area contributed by atoms with Crippen molar-refractivity contribution >= 4 is 5.97 Å². The molecule has 3 heteroatoms. The summed E-state index contributed by atoms with van der Waals surface area (Å²) in [4.78, 5) is 10.3. The smallest absolute Gasteiger partial charge is 0.303 e. The van der Waals surface area contributed by atoms with Crippen LogP contribution in [0.25, 0.3) is 0 Å². The van der Waals surface area contributed by atoms with E-state index in [4.69, 9.17) is 5.11 Å². The van der Waals surface area contributed by atoms with E-state index in [9.17, 15) is 9.90 Å². The van der Waals surface area contributed by atoms with Gasteiger partial charge in [0.25, 0.3) is 0 Å². The van der Waals surface area contributed by atoms with Gasteiger partial charge in [0, 0.05) is 6.42 Å². The van der Waals surface area contributed by atoms with Crippen LogP contribution in [-0.4, -0.2) is 22.3 Å². The van der Waals surface area contributed by atoms with Crippen LogP contribution in [0.5, 0.6) is 0 Å². The number of aliphatic hydroxyl groups excluding tert-OH is 1. The summed E-state index contributed by atoms with van der Waals surface area (Å²) in [6, 6.07) is 0. The molecule has 0 radical (unpaired) electrons. The summed E-state index contributed by atoms with van der Waals surface area (Å²) in [5, 5.41) is 18.2. The molecule has 0 aliphatic heterocycles. The Morgan fingerprint density at radius 1 is 0.840 bits per heavy atom. The van der Waals surface area contributed by atoms with Crippen LogP contribution in [0, 0.1) is 0 Å². The van der Waals surface area contributed by atoms with Gasteiger partial charge in [0.1, 0.15) is 0 Å². The maximum Gasteiger partial charge on any atom is 0.303 e. The highest BCUT2D eigenvalue weighted by Crippen LogP contribution is 1.99. The number of aliphatic hydroxyl groups is 1. The number of carboxylic acids is 1. The van der Waals surface area contributed by atoms with Crippen LogP contribution in [-0.2, 0) is 4.79 Å². The highest BCUT2D eigenvalue weighted by atomic mass is 16.4. The Morgan fingerprint density at radius 3 is 2.24 bits per heavy atom. The van der Waals surface area contributed by atoms with Gasteiger partial charge in [-0.15, -0.1) is 0 Å². The summed E-state index contributed by atoms with van der Waals surface area (Å²) in [5.74, 6) is -0.753. The van der Waals surface area contributed by atoms with Crippen LogP contribution < -0.4 is 0 Å². The first-order valence-electron chi connectivity index (χ1n) is 9.01. The van der Waals surface area contributed by atoms with E-state index in [1.54, 1.807) is 6.08 Å². The van der Waals surface area contributed by atoms with E-state index in [-0.39, 0.29) is 6.42 Å². The number of hydrogen-bond donors (Lipinski definition) is 2. The van der Waals surface area contributed by atoms with Crippen molar-refractivity contribution in [3.63, 3.8) is 0 Å². The van der Waals surface area contributed by atoms with Gasteiger partial charge in [-0.2, -0.15) is 0 Å². The van der Waals surface area contributed by atoms with Gasteiger partial charge in [0.15, 0.2) is 0 Å². The third kappa shape index (κ3) is 19.8. The van der Waals surface area contributed by atoms with Crippen LogP contribution >= 0.6 is 0 Å². The minimum atomic E-state index is -0.753. The lowest BCUT2D eigenvalue weighted by Gasteiger charge is -1.98. The quantitative estimate of drug-likeness (QED) is 0.248. The van der Waals surface area contributed by atoms with Crippen molar-refractivity contribution in [3.8, 4) is 0 Å². The number of hydrogen-bond acceptors (Lipinski definition) is 2. The lowest BCUT2D eigenvalue weighted by atomic mass is 10.2. The van der Waals surface area contributed by atoms with Gasteiger partial charge in [0.05, 0.1) is 6.10 Å². The van der Waals surface area contributed by atoms with Crippen LogP contribution in [0.15, 0.2) is 72.9 Å². The molecule has 0 aliphatic rings. The minimum absolute atomic E-state index is 0.197. The molecule has 0 spiro atoms. The van der Waals surface area contributed by atoms with E-state index < -0.39 is 12.1 Å². The van der Waals surface area contributed by atoms with Crippen molar-refractivity contribution in [2.45, 2.75) is 58.0 Å². The average Bonchev–Trinajstić information content (AvgIpc) is 2.58. The van der Waals surface area contributed by atoms with E-state index >= 15 is 0 Å². The zero-order chi connectivity index (χ0) is 18.6. The summed E-state index contributed by atoms with van der Waals surface area (Å²) >= 11 is 0. The Kier molecular flexibility index (Phi) is 16.7. The minimum Gasteiger partial charge on any atom is -0.481 e. The molecule has 0 aromatic carbocycles. The third-order valence-electron chi connectivity index (χ3n) is 3.21. The monoisotopic (exact) mass is 344 g/mol. The molecule has 0 aromatic heterocycles. The maximum absolute atomic E-state index is 10.3. The van der Waals surface area contributed by atoms with Gasteiger partial charge >= 0.3 is 5.97 Å². The molecule has 0 heterocycles. The lowest BCUT2D eigenvalue weighted by Crippen LogP contribution is -1.98. The zero-order valence-corrected chi connectivity index (χ0v) is 15.3. The molecule has 0 aromatic rings. The highest BCUT2D eigenvalue weighted by Gasteiger charge is 1.92. The molecular weight excluding hydrogens is 312 g/mol. The van der Waals surface area contributed by atoms with Crippen LogP contribution in [0.2, 0.25) is 0 Å². The first-order valence-corrected chi connectivity index (χ1v) is 9.01. The molecule has 0 rings (SSSR count). The topological polar surface area (TPSA) is 57.5 Å². The van der Waals surface area contributed by atoms with Crippen LogP contribution in [0.3, 0.4) is 0 Å². The van der Waals surface area contributed by atoms with Gasteiger partial charge in [0.2, 0.25) is 0 Å². The van der Waals surface area contributed by atoms with Gasteiger partial charge < -0.3 is 10.2 Å². The standard InChI is InChI=1S/C22H32O3/c1-2-3-15-18-21(23)19-16-13-11-9-7-5-4-6-8-10-12-14-17-20-22(24)25/h3,6-9,11-16,19,21,23H,2,4-5,10,17-18,20H2,1H3,(H,24,25). The maximum atomic E-state index is 10.3. The van der Waals surface area contributed by atoms with Crippen molar-refractivity contribution < 1.29 is 15.0 Å². The molecule has 25 heavy (non-hydrogen) atoms. The molecule has 1 unspecified atom stereocenters. The summed E-state index contributed by atoms with van der Waals surface area (Å²) in [5.41, 5.74) is 0. The first-order chi connectivity index (χ1) is 12.2. The van der Waals surface area contributed by atoms with Crippen LogP contribution in [0.1, 0.15) is 51.9 Å². The van der Waals surface area contributed by atoms with Gasteiger partial charge in [-0.05, 0) is 38.5 Å². The normalized spacial score (nSPS) is 14.3. The van der Waals surface area contributed by atoms with Crippen molar-refractivity contribution in [1.82, 2.24) is 0 Å². The Bertz CT molecular complexity index is 493. The summed E-state index contributed by atoms with van der Waals surface area (Å²) in [6.07, 6.45) is 28.7. The molecule has 0 saturated heterocycles. The largest absolute Gasteiger partial charge is 0.481 e. The molecule has 2 N–H and O–H groups in total. The van der Waals surface area contributed by atoms with E-state index in [0.29, 0.717) is 12.8 Å². The van der Waals surface area contributed by atoms with E-state index in [1.165, 1.54) is 0 Å². The number of unbranched alkanes of at least 4 members (excludes halogenated alkanes) is 1. The highest BCUT2D eigenvalue weighted by molar-refractivity contribution is 5.66. The van der Waals surface area contributed by atoms with E-state index in [1.807, 2.05) is 42.5 Å². The fraction of sp³-hybridized carbons (Fsp3) is 0.409. The molecular formula is C22H32O3. The molecule has 3 nitrogen and oxygen atoms in total. The van der Waals surface area contributed by atoms with Crippen LogP contribution in [0.4, 0.5) is 0 Å². The Labute approximate surface area is 152 Å². The van der Waals surface area contributed by atoms with E-state index in [0.717, 1.165) is 25.7 Å². The number of aliphatic carboxylic acids is 1.